The molecule has 0 aromatic carbocycles. The van der Waals surface area contributed by atoms with Gasteiger partial charge in [0, 0.05) is 12.3 Å². The molecule has 0 aromatic heterocycles. The molecule has 2 heteroatoms. The molecule has 1 saturated carbocycles. The summed E-state index contributed by atoms with van der Waals surface area (Å²) < 4.78 is 0. The summed E-state index contributed by atoms with van der Waals surface area (Å²) in [5.74, 6) is 0. The van der Waals surface area contributed by atoms with E-state index in [0.717, 1.165) is 6.54 Å². The zero-order chi connectivity index (χ0) is 7.94. The molecule has 1 aliphatic carbocycles. The maximum atomic E-state index is 4.33. The van der Waals surface area contributed by atoms with Crippen LogP contribution in [0, 0.1) is 0 Å². The Morgan fingerprint density at radius 2 is 2.09 bits per heavy atom. The van der Waals surface area contributed by atoms with Crippen molar-refractivity contribution in [3.05, 3.63) is 0 Å². The van der Waals surface area contributed by atoms with Crippen LogP contribution in [-0.4, -0.2) is 12.3 Å². The Labute approximate surface area is 69.1 Å². The van der Waals surface area contributed by atoms with Crippen LogP contribution in [-0.2, 0) is 0 Å². The number of hydrogen-bond acceptors (Lipinski definition) is 2. The molecule has 0 amide bonds. The number of rotatable bonds is 4. The van der Waals surface area contributed by atoms with Crippen molar-refractivity contribution in [2.75, 3.05) is 6.54 Å². The minimum Gasteiger partial charge on any atom is -0.310 e. The zero-order valence-corrected chi connectivity index (χ0v) is 7.40. The van der Waals surface area contributed by atoms with E-state index in [9.17, 15) is 0 Å². The normalized spacial score (nSPS) is 17.0. The molecule has 0 saturated heterocycles. The maximum absolute atomic E-state index is 4.33. The van der Waals surface area contributed by atoms with Crippen LogP contribution in [0.3, 0.4) is 0 Å². The summed E-state index contributed by atoms with van der Waals surface area (Å²) in [7, 11) is 0. The number of nitrogens with zero attached hydrogens (tertiary/aromatic N) is 1. The van der Waals surface area contributed by atoms with E-state index in [0.29, 0.717) is 0 Å². The Hall–Kier alpha value is -0.530. The predicted octanol–water partition coefficient (Wildman–Crippen LogP) is 2.31. The standard InChI is InChI=1S/C9H18N2/c1-2-3-8-10-11-9-6-4-5-7-9/h10H,2-8H2,1H3. The first-order valence-electron chi connectivity index (χ1n) is 4.71. The molecule has 0 aliphatic heterocycles. The van der Waals surface area contributed by atoms with Crippen molar-refractivity contribution in [3.8, 4) is 0 Å². The average Bonchev–Trinajstić information content (AvgIpc) is 2.50. The molecule has 0 heterocycles. The van der Waals surface area contributed by atoms with E-state index >= 15 is 0 Å². The quantitative estimate of drug-likeness (QED) is 0.487. The molecule has 0 bridgehead atoms. The summed E-state index contributed by atoms with van der Waals surface area (Å²) >= 11 is 0. The topological polar surface area (TPSA) is 24.4 Å². The van der Waals surface area contributed by atoms with Crippen LogP contribution < -0.4 is 5.43 Å². The molecule has 0 atom stereocenters. The van der Waals surface area contributed by atoms with Crippen molar-refractivity contribution in [2.24, 2.45) is 5.10 Å². The van der Waals surface area contributed by atoms with Crippen molar-refractivity contribution in [1.82, 2.24) is 5.43 Å². The van der Waals surface area contributed by atoms with Gasteiger partial charge in [-0.1, -0.05) is 13.3 Å². The van der Waals surface area contributed by atoms with Crippen LogP contribution in [0.1, 0.15) is 45.4 Å². The van der Waals surface area contributed by atoms with Gasteiger partial charge in [0.1, 0.15) is 0 Å². The summed E-state index contributed by atoms with van der Waals surface area (Å²) in [5.41, 5.74) is 4.49. The van der Waals surface area contributed by atoms with Gasteiger partial charge in [0.2, 0.25) is 0 Å². The largest absolute Gasteiger partial charge is 0.310 e. The van der Waals surface area contributed by atoms with Gasteiger partial charge in [0.25, 0.3) is 0 Å². The van der Waals surface area contributed by atoms with Crippen LogP contribution in [0.2, 0.25) is 0 Å². The Morgan fingerprint density at radius 1 is 1.36 bits per heavy atom. The lowest BCUT2D eigenvalue weighted by Gasteiger charge is -1.99. The second-order valence-corrected chi connectivity index (χ2v) is 3.15. The molecular weight excluding hydrogens is 136 g/mol. The Morgan fingerprint density at radius 3 is 2.73 bits per heavy atom. The van der Waals surface area contributed by atoms with Gasteiger partial charge in [-0.05, 0) is 32.1 Å². The van der Waals surface area contributed by atoms with Gasteiger partial charge in [-0.15, -0.1) is 0 Å². The Balaban J connectivity index is 2.03. The van der Waals surface area contributed by atoms with Crippen LogP contribution in [0.4, 0.5) is 0 Å². The van der Waals surface area contributed by atoms with Crippen molar-refractivity contribution in [2.45, 2.75) is 45.4 Å². The lowest BCUT2D eigenvalue weighted by molar-refractivity contribution is 0.669. The number of hydrogen-bond donors (Lipinski definition) is 1. The Bertz CT molecular complexity index is 122. The lowest BCUT2D eigenvalue weighted by Crippen LogP contribution is -2.09. The SMILES string of the molecule is CCCCNN=C1CCCC1. The van der Waals surface area contributed by atoms with Crippen LogP contribution in [0.5, 0.6) is 0 Å². The van der Waals surface area contributed by atoms with Crippen LogP contribution in [0.15, 0.2) is 5.10 Å². The lowest BCUT2D eigenvalue weighted by atomic mass is 10.3. The third kappa shape index (κ3) is 3.40. The number of nitrogens with one attached hydrogen (secondary N) is 1. The monoisotopic (exact) mass is 154 g/mol. The molecule has 1 rings (SSSR count). The van der Waals surface area contributed by atoms with Crippen LogP contribution in [0.25, 0.3) is 0 Å². The molecule has 0 unspecified atom stereocenters. The fourth-order valence-electron chi connectivity index (χ4n) is 1.32. The second kappa shape index (κ2) is 5.16. The van der Waals surface area contributed by atoms with Crippen molar-refractivity contribution < 1.29 is 0 Å². The molecule has 1 aliphatic rings. The van der Waals surface area contributed by atoms with Gasteiger partial charge < -0.3 is 5.43 Å². The first-order chi connectivity index (χ1) is 5.43. The first-order valence-corrected chi connectivity index (χ1v) is 4.71. The van der Waals surface area contributed by atoms with E-state index in [2.05, 4.69) is 17.5 Å². The van der Waals surface area contributed by atoms with Gasteiger partial charge in [-0.25, -0.2) is 0 Å². The fourth-order valence-corrected chi connectivity index (χ4v) is 1.32. The van der Waals surface area contributed by atoms with Crippen molar-refractivity contribution in [3.63, 3.8) is 0 Å². The smallest absolute Gasteiger partial charge is 0.0378 e. The maximum Gasteiger partial charge on any atom is 0.0378 e. The highest BCUT2D eigenvalue weighted by Gasteiger charge is 2.06. The number of hydrazone groups is 1. The molecule has 11 heavy (non-hydrogen) atoms. The molecule has 0 aromatic rings. The number of unbranched alkanes of at least 4 members (excludes halogenated alkanes) is 1. The Kier molecular flexibility index (Phi) is 4.02. The summed E-state index contributed by atoms with van der Waals surface area (Å²) in [4.78, 5) is 0. The highest BCUT2D eigenvalue weighted by Crippen LogP contribution is 2.13. The molecule has 2 nitrogen and oxygen atoms in total. The summed E-state index contributed by atoms with van der Waals surface area (Å²) in [6, 6.07) is 0. The fraction of sp³-hybridized carbons (Fsp3) is 0.889. The zero-order valence-electron chi connectivity index (χ0n) is 7.40. The van der Waals surface area contributed by atoms with E-state index < -0.39 is 0 Å². The van der Waals surface area contributed by atoms with Gasteiger partial charge in [0.15, 0.2) is 0 Å². The first kappa shape index (κ1) is 8.57. The van der Waals surface area contributed by atoms with E-state index in [1.807, 2.05) is 0 Å². The van der Waals surface area contributed by atoms with E-state index in [1.165, 1.54) is 44.2 Å². The molecule has 0 spiro atoms. The third-order valence-electron chi connectivity index (χ3n) is 2.06. The highest BCUT2D eigenvalue weighted by molar-refractivity contribution is 5.85. The predicted molar refractivity (Wildman–Crippen MR) is 48.8 cm³/mol. The average molecular weight is 154 g/mol. The minimum atomic E-state index is 1.04. The molecule has 0 radical (unpaired) electrons. The van der Waals surface area contributed by atoms with Gasteiger partial charge >= 0.3 is 0 Å². The summed E-state index contributed by atoms with van der Waals surface area (Å²) in [6.45, 7) is 3.24. The second-order valence-electron chi connectivity index (χ2n) is 3.15. The van der Waals surface area contributed by atoms with Gasteiger partial charge in [0.05, 0.1) is 0 Å². The molecular formula is C9H18N2. The summed E-state index contributed by atoms with van der Waals surface area (Å²) in [6.07, 6.45) is 7.61. The van der Waals surface area contributed by atoms with E-state index in [-0.39, 0.29) is 0 Å². The minimum absolute atomic E-state index is 1.04. The highest BCUT2D eigenvalue weighted by atomic mass is 15.3. The molecule has 1 fully saturated rings. The van der Waals surface area contributed by atoms with E-state index in [1.54, 1.807) is 0 Å². The van der Waals surface area contributed by atoms with Crippen molar-refractivity contribution in [1.29, 1.82) is 0 Å². The van der Waals surface area contributed by atoms with Crippen molar-refractivity contribution >= 4 is 5.71 Å². The molecule has 64 valence electrons. The van der Waals surface area contributed by atoms with E-state index in [4.69, 9.17) is 0 Å². The van der Waals surface area contributed by atoms with Gasteiger partial charge in [-0.3, -0.25) is 0 Å². The van der Waals surface area contributed by atoms with Gasteiger partial charge in [-0.2, -0.15) is 5.10 Å². The summed E-state index contributed by atoms with van der Waals surface area (Å²) in [5, 5.41) is 4.33. The van der Waals surface area contributed by atoms with Crippen LogP contribution >= 0.6 is 0 Å². The molecule has 1 N–H and O–H groups in total. The third-order valence-corrected chi connectivity index (χ3v) is 2.06.